The molecule has 37 heavy (non-hydrogen) atoms. The van der Waals surface area contributed by atoms with Crippen LogP contribution in [0.5, 0.6) is 0 Å². The number of H-pyrrole nitrogens is 1. The number of nitrogens with zero attached hydrogens (tertiary/aromatic N) is 3. The summed E-state index contributed by atoms with van der Waals surface area (Å²) in [4.78, 5) is 41.3. The summed E-state index contributed by atoms with van der Waals surface area (Å²) in [5, 5.41) is 5.86. The van der Waals surface area contributed by atoms with Crippen LogP contribution in [0.1, 0.15) is 61.8 Å². The number of hydrogen-bond acceptors (Lipinski definition) is 8. The fourth-order valence-electron chi connectivity index (χ4n) is 3.26. The number of nitrogens with one attached hydrogen (secondary N) is 3. The molecule has 3 aromatic rings. The number of carbonyl (C=O) groups excluding carboxylic acids is 2. The molecule has 0 aliphatic carbocycles. The molecule has 0 radical (unpaired) electrons. The van der Waals surface area contributed by atoms with Crippen LogP contribution in [0.15, 0.2) is 30.6 Å². The van der Waals surface area contributed by atoms with Gasteiger partial charge in [-0.1, -0.05) is 19.9 Å². The first-order valence-corrected chi connectivity index (χ1v) is 12.5. The van der Waals surface area contributed by atoms with Crippen molar-refractivity contribution in [1.29, 1.82) is 0 Å². The zero-order chi connectivity index (χ0) is 27.4. The van der Waals surface area contributed by atoms with Gasteiger partial charge >= 0.3 is 5.97 Å². The van der Waals surface area contributed by atoms with Crippen LogP contribution < -0.4 is 10.6 Å². The van der Waals surface area contributed by atoms with Crippen molar-refractivity contribution in [2.45, 2.75) is 79.1 Å². The first-order chi connectivity index (χ1) is 17.2. The number of benzene rings is 1. The Bertz CT molecular complexity index is 1220. The van der Waals surface area contributed by atoms with Gasteiger partial charge in [0.2, 0.25) is 17.8 Å². The number of fused-ring (bicyclic) bond motifs is 1. The third kappa shape index (κ3) is 8.24. The van der Waals surface area contributed by atoms with E-state index >= 15 is 0 Å². The summed E-state index contributed by atoms with van der Waals surface area (Å²) in [6, 6.07) is 4.94. The van der Waals surface area contributed by atoms with Gasteiger partial charge in [-0.3, -0.25) is 10.1 Å². The highest BCUT2D eigenvalue weighted by Gasteiger charge is 2.28. The molecule has 0 aliphatic rings. The largest absolute Gasteiger partial charge is 0.458 e. The third-order valence-corrected chi connectivity index (χ3v) is 5.45. The molecule has 2 heterocycles. The van der Waals surface area contributed by atoms with Crippen molar-refractivity contribution in [3.8, 4) is 11.1 Å². The zero-order valence-corrected chi connectivity index (χ0v) is 22.9. The Hall–Kier alpha value is -3.53. The van der Waals surface area contributed by atoms with Crippen molar-refractivity contribution in [2.75, 3.05) is 17.2 Å². The molecule has 2 unspecified atom stereocenters. The molecule has 2 atom stereocenters. The van der Waals surface area contributed by atoms with Crippen molar-refractivity contribution in [3.63, 3.8) is 0 Å². The second-order valence-corrected chi connectivity index (χ2v) is 11.1. The lowest BCUT2D eigenvalue weighted by atomic mass is 10.1. The minimum Gasteiger partial charge on any atom is -0.458 e. The van der Waals surface area contributed by atoms with Gasteiger partial charge in [-0.25, -0.2) is 19.7 Å². The number of aromatic nitrogens is 4. The Balaban J connectivity index is 1.75. The van der Waals surface area contributed by atoms with Gasteiger partial charge in [-0.05, 0) is 65.7 Å². The van der Waals surface area contributed by atoms with Gasteiger partial charge in [0.05, 0.1) is 23.2 Å². The van der Waals surface area contributed by atoms with Crippen molar-refractivity contribution >= 4 is 34.8 Å². The molecule has 2 aromatic heterocycles. The normalized spacial score (nSPS) is 13.7. The molecule has 0 fully saturated rings. The smallest absolute Gasteiger partial charge is 0.331 e. The average molecular weight is 511 g/mol. The number of carbonyl (C=O) groups is 2. The summed E-state index contributed by atoms with van der Waals surface area (Å²) in [6.07, 6.45) is 4.10. The Morgan fingerprint density at radius 1 is 1.03 bits per heavy atom. The summed E-state index contributed by atoms with van der Waals surface area (Å²) in [6.45, 7) is 15.2. The van der Waals surface area contributed by atoms with E-state index in [-0.39, 0.29) is 24.4 Å². The van der Waals surface area contributed by atoms with Crippen LogP contribution in [0.4, 0.5) is 11.9 Å². The second kappa shape index (κ2) is 11.2. The van der Waals surface area contributed by atoms with Gasteiger partial charge < -0.3 is 19.8 Å². The van der Waals surface area contributed by atoms with E-state index in [0.717, 1.165) is 28.6 Å². The Labute approximate surface area is 218 Å². The Morgan fingerprint density at radius 2 is 1.70 bits per heavy atom. The van der Waals surface area contributed by atoms with Gasteiger partial charge in [-0.15, -0.1) is 0 Å². The third-order valence-electron chi connectivity index (χ3n) is 5.45. The molecular formula is C27H38N6O4. The van der Waals surface area contributed by atoms with Crippen molar-refractivity contribution < 1.29 is 19.1 Å². The summed E-state index contributed by atoms with van der Waals surface area (Å²) < 4.78 is 11.4. The number of imidazole rings is 1. The minimum atomic E-state index is -0.769. The lowest BCUT2D eigenvalue weighted by molar-refractivity contribution is -0.158. The maximum absolute atomic E-state index is 12.8. The monoisotopic (exact) mass is 510 g/mol. The van der Waals surface area contributed by atoms with Crippen LogP contribution in [-0.2, 0) is 19.1 Å². The van der Waals surface area contributed by atoms with Crippen LogP contribution >= 0.6 is 0 Å². The quantitative estimate of drug-likeness (QED) is 0.345. The minimum absolute atomic E-state index is 0.0733. The summed E-state index contributed by atoms with van der Waals surface area (Å²) in [5.74, 6) is 0.0953. The molecular weight excluding hydrogens is 472 g/mol. The maximum Gasteiger partial charge on any atom is 0.331 e. The standard InChI is InChI=1S/C27H38N6O4/c1-9-16(2)22(34)33-25-30-19-11-10-17(12-20(19)31-25)18-13-28-24(29-14-18)32-21(15-36-26(3,4)5)23(35)37-27(6,7)8/h10-14,16,21H,9,15H2,1-8H3,(H,28,29,32)(H2,30,31,33,34). The fourth-order valence-corrected chi connectivity index (χ4v) is 3.26. The van der Waals surface area contributed by atoms with Gasteiger partial charge in [-0.2, -0.15) is 0 Å². The zero-order valence-electron chi connectivity index (χ0n) is 22.9. The molecule has 0 bridgehead atoms. The van der Waals surface area contributed by atoms with E-state index < -0.39 is 23.2 Å². The number of amides is 1. The van der Waals surface area contributed by atoms with Crippen LogP contribution in [0.3, 0.4) is 0 Å². The van der Waals surface area contributed by atoms with Crippen molar-refractivity contribution in [1.82, 2.24) is 19.9 Å². The predicted molar refractivity (Wildman–Crippen MR) is 144 cm³/mol. The van der Waals surface area contributed by atoms with Crippen LogP contribution in [0, 0.1) is 5.92 Å². The Kier molecular flexibility index (Phi) is 8.53. The fraction of sp³-hybridized carbons (Fsp3) is 0.519. The number of anilines is 2. The summed E-state index contributed by atoms with van der Waals surface area (Å²) >= 11 is 0. The van der Waals surface area contributed by atoms with Gasteiger partial charge in [0.15, 0.2) is 6.04 Å². The predicted octanol–water partition coefficient (Wildman–Crippen LogP) is 4.94. The average Bonchev–Trinajstić information content (AvgIpc) is 3.21. The van der Waals surface area contributed by atoms with Crippen molar-refractivity contribution in [2.24, 2.45) is 5.92 Å². The molecule has 3 N–H and O–H groups in total. The van der Waals surface area contributed by atoms with Crippen LogP contribution in [-0.4, -0.2) is 55.7 Å². The Morgan fingerprint density at radius 3 is 2.30 bits per heavy atom. The van der Waals surface area contributed by atoms with E-state index in [9.17, 15) is 9.59 Å². The number of esters is 1. The summed E-state index contributed by atoms with van der Waals surface area (Å²) in [5.41, 5.74) is 2.12. The number of aromatic amines is 1. The van der Waals surface area contributed by atoms with E-state index in [2.05, 4.69) is 30.6 Å². The molecule has 0 spiro atoms. The van der Waals surface area contributed by atoms with E-state index in [4.69, 9.17) is 9.47 Å². The lowest BCUT2D eigenvalue weighted by Crippen LogP contribution is -2.41. The molecule has 0 saturated carbocycles. The topological polar surface area (TPSA) is 131 Å². The molecule has 0 saturated heterocycles. The molecule has 10 nitrogen and oxygen atoms in total. The number of rotatable bonds is 9. The first kappa shape index (κ1) is 28.0. The van der Waals surface area contributed by atoms with Crippen molar-refractivity contribution in [3.05, 3.63) is 30.6 Å². The molecule has 3 rings (SSSR count). The SMILES string of the molecule is CCC(C)C(=O)Nc1nc2ccc(-c3cnc(NC(COC(C)(C)C)C(=O)OC(C)(C)C)nc3)cc2[nH]1. The molecule has 1 aromatic carbocycles. The molecule has 200 valence electrons. The molecule has 10 heteroatoms. The van der Waals surface area contributed by atoms with E-state index in [1.165, 1.54) is 0 Å². The van der Waals surface area contributed by atoms with E-state index in [1.807, 2.05) is 73.6 Å². The van der Waals surface area contributed by atoms with E-state index in [1.54, 1.807) is 12.4 Å². The summed E-state index contributed by atoms with van der Waals surface area (Å²) in [7, 11) is 0. The highest BCUT2D eigenvalue weighted by atomic mass is 16.6. The molecule has 0 aliphatic heterocycles. The van der Waals surface area contributed by atoms with Gasteiger partial charge in [0.25, 0.3) is 0 Å². The van der Waals surface area contributed by atoms with Gasteiger partial charge in [0.1, 0.15) is 5.60 Å². The first-order valence-electron chi connectivity index (χ1n) is 12.5. The maximum atomic E-state index is 12.8. The second-order valence-electron chi connectivity index (χ2n) is 11.1. The highest BCUT2D eigenvalue weighted by molar-refractivity contribution is 5.93. The lowest BCUT2D eigenvalue weighted by Gasteiger charge is -2.27. The van der Waals surface area contributed by atoms with Crippen LogP contribution in [0.25, 0.3) is 22.2 Å². The van der Waals surface area contributed by atoms with Gasteiger partial charge in [0, 0.05) is 23.9 Å². The van der Waals surface area contributed by atoms with Crippen LogP contribution in [0.2, 0.25) is 0 Å². The molecule has 1 amide bonds. The number of hydrogen-bond donors (Lipinski definition) is 3. The highest BCUT2D eigenvalue weighted by Crippen LogP contribution is 2.24. The number of ether oxygens (including phenoxy) is 2. The van der Waals surface area contributed by atoms with E-state index in [0.29, 0.717) is 5.95 Å².